The molecule has 0 atom stereocenters. The number of rotatable bonds is 8. The molecule has 0 unspecified atom stereocenters. The van der Waals surface area contributed by atoms with Gasteiger partial charge in [-0.25, -0.2) is 18.4 Å². The predicted octanol–water partition coefficient (Wildman–Crippen LogP) is 0.741. The lowest BCUT2D eigenvalue weighted by Crippen LogP contribution is -2.43. The minimum atomic E-state index is -3.78. The molecular formula is C17H24N2O8S. The van der Waals surface area contributed by atoms with E-state index >= 15 is 0 Å². The molecule has 0 aliphatic carbocycles. The number of sulfonamides is 1. The summed E-state index contributed by atoms with van der Waals surface area (Å²) in [6, 6.07) is 5.74. The average molecular weight is 416 g/mol. The smallest absolute Gasteiger partial charge is 0.411 e. The summed E-state index contributed by atoms with van der Waals surface area (Å²) in [7, 11) is -3.78. The first-order valence-corrected chi connectivity index (χ1v) is 9.79. The molecule has 1 rings (SSSR count). The lowest BCUT2D eigenvalue weighted by Gasteiger charge is -2.25. The van der Waals surface area contributed by atoms with E-state index in [0.29, 0.717) is 12.0 Å². The highest BCUT2D eigenvalue weighted by Crippen LogP contribution is 2.11. The average Bonchev–Trinajstić information content (AvgIpc) is 2.52. The second kappa shape index (κ2) is 9.51. The zero-order valence-corrected chi connectivity index (χ0v) is 16.7. The van der Waals surface area contributed by atoms with Gasteiger partial charge in [0.2, 0.25) is 10.0 Å². The fourth-order valence-electron chi connectivity index (χ4n) is 2.00. The Morgan fingerprint density at radius 1 is 1.11 bits per heavy atom. The number of primary sulfonamides is 1. The molecule has 0 radical (unpaired) electrons. The molecule has 10 nitrogen and oxygen atoms in total. The molecule has 156 valence electrons. The van der Waals surface area contributed by atoms with Crippen LogP contribution < -0.4 is 5.14 Å². The predicted molar refractivity (Wildman–Crippen MR) is 97.9 cm³/mol. The maximum Gasteiger partial charge on any atom is 0.411 e. The number of carboxylic acid groups (broad SMARTS) is 1. The molecule has 1 amide bonds. The second-order valence-corrected chi connectivity index (χ2v) is 8.45. The highest BCUT2D eigenvalue weighted by molar-refractivity contribution is 7.89. The lowest BCUT2D eigenvalue weighted by molar-refractivity contribution is -0.146. The van der Waals surface area contributed by atoms with Gasteiger partial charge in [-0.1, -0.05) is 12.1 Å². The van der Waals surface area contributed by atoms with Crippen LogP contribution in [0.3, 0.4) is 0 Å². The van der Waals surface area contributed by atoms with Gasteiger partial charge in [-0.05, 0) is 38.5 Å². The summed E-state index contributed by atoms with van der Waals surface area (Å²) >= 11 is 0. The first kappa shape index (κ1) is 23.4. The number of nitrogens with zero attached hydrogens (tertiary/aromatic N) is 1. The molecule has 11 heteroatoms. The summed E-state index contributed by atoms with van der Waals surface area (Å²) in [6.45, 7) is 3.52. The minimum absolute atomic E-state index is 0.0325. The van der Waals surface area contributed by atoms with Crippen molar-refractivity contribution in [3.05, 3.63) is 29.8 Å². The summed E-state index contributed by atoms with van der Waals surface area (Å²) in [5.41, 5.74) is -0.143. The Hall–Kier alpha value is -2.66. The standard InChI is InChI=1S/C17H24N2O8S/c1-17(2,3)27-16(23)19(10-14(20)21)11-15(22)26-9-8-12-4-6-13(7-5-12)28(18,24)25/h4-7H,8-11H2,1-3H3,(H,20,21)(H2,18,24,25). The van der Waals surface area contributed by atoms with Crippen LogP contribution in [0.2, 0.25) is 0 Å². The van der Waals surface area contributed by atoms with Crippen molar-refractivity contribution in [3.8, 4) is 0 Å². The van der Waals surface area contributed by atoms with Gasteiger partial charge in [0.25, 0.3) is 0 Å². The van der Waals surface area contributed by atoms with Gasteiger partial charge < -0.3 is 14.6 Å². The fraction of sp³-hybridized carbons (Fsp3) is 0.471. The lowest BCUT2D eigenvalue weighted by atomic mass is 10.2. The van der Waals surface area contributed by atoms with Crippen molar-refractivity contribution in [2.75, 3.05) is 19.7 Å². The number of nitrogens with two attached hydrogens (primary N) is 1. The monoisotopic (exact) mass is 416 g/mol. The molecule has 0 saturated carbocycles. The SMILES string of the molecule is CC(C)(C)OC(=O)N(CC(=O)O)CC(=O)OCCc1ccc(S(N)(=O)=O)cc1. The van der Waals surface area contributed by atoms with Crippen molar-refractivity contribution in [1.82, 2.24) is 4.90 Å². The number of carboxylic acids is 1. The van der Waals surface area contributed by atoms with Gasteiger partial charge in [-0.2, -0.15) is 0 Å². The summed E-state index contributed by atoms with van der Waals surface area (Å²) in [4.78, 5) is 35.5. The van der Waals surface area contributed by atoms with Gasteiger partial charge in [-0.15, -0.1) is 0 Å². The molecule has 0 aliphatic heterocycles. The van der Waals surface area contributed by atoms with Crippen LogP contribution in [0.15, 0.2) is 29.2 Å². The van der Waals surface area contributed by atoms with Crippen LogP contribution in [0.25, 0.3) is 0 Å². The van der Waals surface area contributed by atoms with E-state index in [1.54, 1.807) is 20.8 Å². The number of aliphatic carboxylic acids is 1. The molecule has 0 saturated heterocycles. The zero-order chi connectivity index (χ0) is 21.5. The summed E-state index contributed by atoms with van der Waals surface area (Å²) in [5.74, 6) is -2.10. The van der Waals surface area contributed by atoms with Crippen LogP contribution in [-0.2, 0) is 35.5 Å². The molecule has 0 fully saturated rings. The minimum Gasteiger partial charge on any atom is -0.480 e. The van der Waals surface area contributed by atoms with Crippen molar-refractivity contribution < 1.29 is 37.4 Å². The Balaban J connectivity index is 2.58. The second-order valence-electron chi connectivity index (χ2n) is 6.89. The number of ether oxygens (including phenoxy) is 2. The third kappa shape index (κ3) is 8.82. The molecule has 0 spiro atoms. The first-order chi connectivity index (χ1) is 12.8. The Kier molecular flexibility index (Phi) is 7.94. The molecule has 1 aromatic carbocycles. The number of hydrogen-bond donors (Lipinski definition) is 2. The highest BCUT2D eigenvalue weighted by Gasteiger charge is 2.26. The topological polar surface area (TPSA) is 153 Å². The molecule has 0 heterocycles. The Morgan fingerprint density at radius 3 is 2.14 bits per heavy atom. The van der Waals surface area contributed by atoms with E-state index in [0.717, 1.165) is 4.90 Å². The fourth-order valence-corrected chi connectivity index (χ4v) is 2.52. The van der Waals surface area contributed by atoms with Gasteiger partial charge in [0, 0.05) is 6.42 Å². The van der Waals surface area contributed by atoms with E-state index in [2.05, 4.69) is 0 Å². The highest BCUT2D eigenvalue weighted by atomic mass is 32.2. The van der Waals surface area contributed by atoms with Crippen LogP contribution in [-0.4, -0.2) is 61.8 Å². The Morgan fingerprint density at radius 2 is 1.68 bits per heavy atom. The molecule has 0 bridgehead atoms. The van der Waals surface area contributed by atoms with Gasteiger partial charge in [0.1, 0.15) is 18.7 Å². The number of amides is 1. The van der Waals surface area contributed by atoms with E-state index in [4.69, 9.17) is 19.7 Å². The third-order valence-corrected chi connectivity index (χ3v) is 4.13. The van der Waals surface area contributed by atoms with Crippen LogP contribution >= 0.6 is 0 Å². The summed E-state index contributed by atoms with van der Waals surface area (Å²) < 4.78 is 32.5. The van der Waals surface area contributed by atoms with Crippen LogP contribution in [0, 0.1) is 0 Å². The van der Waals surface area contributed by atoms with Crippen molar-refractivity contribution in [2.45, 2.75) is 37.7 Å². The van der Waals surface area contributed by atoms with Crippen molar-refractivity contribution in [1.29, 1.82) is 0 Å². The van der Waals surface area contributed by atoms with Crippen molar-refractivity contribution in [3.63, 3.8) is 0 Å². The quantitative estimate of drug-likeness (QED) is 0.588. The number of carbonyl (C=O) groups excluding carboxylic acids is 2. The van der Waals surface area contributed by atoms with Gasteiger partial charge in [-0.3, -0.25) is 14.5 Å². The van der Waals surface area contributed by atoms with Gasteiger partial charge in [0.05, 0.1) is 11.5 Å². The largest absolute Gasteiger partial charge is 0.480 e. The molecular weight excluding hydrogens is 392 g/mol. The van der Waals surface area contributed by atoms with E-state index < -0.39 is 46.7 Å². The van der Waals surface area contributed by atoms with Crippen molar-refractivity contribution >= 4 is 28.1 Å². The molecule has 0 aromatic heterocycles. The Labute approximate surface area is 163 Å². The number of esters is 1. The van der Waals surface area contributed by atoms with Crippen LogP contribution in [0.4, 0.5) is 4.79 Å². The zero-order valence-electron chi connectivity index (χ0n) is 15.9. The molecule has 1 aromatic rings. The number of carbonyl (C=O) groups is 3. The molecule has 0 aliphatic rings. The van der Waals surface area contributed by atoms with E-state index in [1.165, 1.54) is 24.3 Å². The summed E-state index contributed by atoms with van der Waals surface area (Å²) in [6.07, 6.45) is -0.646. The first-order valence-electron chi connectivity index (χ1n) is 8.25. The van der Waals surface area contributed by atoms with E-state index in [9.17, 15) is 22.8 Å². The van der Waals surface area contributed by atoms with Gasteiger partial charge >= 0.3 is 18.0 Å². The Bertz CT molecular complexity index is 813. The summed E-state index contributed by atoms with van der Waals surface area (Å²) in [5, 5.41) is 13.9. The van der Waals surface area contributed by atoms with E-state index in [1.807, 2.05) is 0 Å². The number of benzene rings is 1. The molecule has 28 heavy (non-hydrogen) atoms. The van der Waals surface area contributed by atoms with E-state index in [-0.39, 0.29) is 11.5 Å². The van der Waals surface area contributed by atoms with Crippen LogP contribution in [0.1, 0.15) is 26.3 Å². The maximum absolute atomic E-state index is 12.0. The molecule has 3 N–H and O–H groups in total. The third-order valence-electron chi connectivity index (χ3n) is 3.20. The van der Waals surface area contributed by atoms with Crippen LogP contribution in [0.5, 0.6) is 0 Å². The van der Waals surface area contributed by atoms with Gasteiger partial charge in [0.15, 0.2) is 0 Å². The maximum atomic E-state index is 12.0. The number of hydrogen-bond acceptors (Lipinski definition) is 7. The normalized spacial score (nSPS) is 11.6. The van der Waals surface area contributed by atoms with Crippen molar-refractivity contribution in [2.24, 2.45) is 5.14 Å².